The molecule has 4 rings (SSSR count). The molecule has 0 spiro atoms. The van der Waals surface area contributed by atoms with Crippen molar-refractivity contribution in [1.29, 1.82) is 0 Å². The van der Waals surface area contributed by atoms with Gasteiger partial charge in [0.2, 0.25) is 15.0 Å². The van der Waals surface area contributed by atoms with Crippen molar-refractivity contribution < 1.29 is 13.2 Å². The molecule has 0 aliphatic heterocycles. The van der Waals surface area contributed by atoms with Gasteiger partial charge in [-0.25, -0.2) is 13.4 Å². The highest BCUT2D eigenvalue weighted by Gasteiger charge is 2.25. The molecule has 0 unspecified atom stereocenters. The van der Waals surface area contributed by atoms with Gasteiger partial charge in [0.25, 0.3) is 5.56 Å². The summed E-state index contributed by atoms with van der Waals surface area (Å²) in [6.45, 7) is 5.57. The molecule has 0 radical (unpaired) electrons. The number of aromatic amines is 2. The number of ether oxygens (including phenoxy) is 1. The number of pyridine rings is 1. The predicted octanol–water partition coefficient (Wildman–Crippen LogP) is 2.59. The zero-order valence-electron chi connectivity index (χ0n) is 18.1. The molecule has 0 atom stereocenters. The maximum absolute atomic E-state index is 13.2. The minimum Gasteiger partial charge on any atom is -0.496 e. The number of aromatic nitrogens is 4. The van der Waals surface area contributed by atoms with Crippen LogP contribution in [0, 0.1) is 20.8 Å². The summed E-state index contributed by atoms with van der Waals surface area (Å²) in [5.41, 5.74) is 9.73. The zero-order chi connectivity index (χ0) is 23.2. The highest BCUT2D eigenvalue weighted by Crippen LogP contribution is 2.28. The highest BCUT2D eigenvalue weighted by molar-refractivity contribution is 7.91. The predicted molar refractivity (Wildman–Crippen MR) is 121 cm³/mol. The lowest BCUT2D eigenvalue weighted by Gasteiger charge is -2.12. The van der Waals surface area contributed by atoms with Gasteiger partial charge in [0.1, 0.15) is 16.8 Å². The summed E-state index contributed by atoms with van der Waals surface area (Å²) in [6, 6.07) is 4.68. The second-order valence-corrected chi connectivity index (χ2v) is 9.51. The van der Waals surface area contributed by atoms with Crippen molar-refractivity contribution in [3.63, 3.8) is 0 Å². The molecule has 0 bridgehead atoms. The summed E-state index contributed by atoms with van der Waals surface area (Å²) >= 11 is 0. The second kappa shape index (κ2) is 7.79. The summed E-state index contributed by atoms with van der Waals surface area (Å²) in [7, 11) is -2.54. The monoisotopic (exact) mass is 453 g/mol. The summed E-state index contributed by atoms with van der Waals surface area (Å²) in [6.07, 6.45) is 3.69. The van der Waals surface area contributed by atoms with Crippen LogP contribution in [0.25, 0.3) is 11.0 Å². The molecule has 4 aromatic rings. The SMILES string of the molecule is COc1c(C)cnc(Cc2c[nH]c3c(=O)[nH]c(S(=O)(=O)c4cc(C)ccc4N)nc23)c1C. The van der Waals surface area contributed by atoms with Crippen molar-refractivity contribution in [1.82, 2.24) is 19.9 Å². The number of methoxy groups -OCH3 is 1. The van der Waals surface area contributed by atoms with Crippen molar-refractivity contribution >= 4 is 26.6 Å². The van der Waals surface area contributed by atoms with Gasteiger partial charge in [0, 0.05) is 35.5 Å². The molecule has 0 aliphatic carbocycles. The van der Waals surface area contributed by atoms with E-state index in [1.54, 1.807) is 32.5 Å². The number of hydrogen-bond donors (Lipinski definition) is 3. The molecule has 3 aromatic heterocycles. The molecule has 4 N–H and O–H groups in total. The van der Waals surface area contributed by atoms with Crippen LogP contribution in [0.1, 0.15) is 27.9 Å². The van der Waals surface area contributed by atoms with Crippen LogP contribution in [0.4, 0.5) is 5.69 Å². The highest BCUT2D eigenvalue weighted by atomic mass is 32.2. The first kappa shape index (κ1) is 21.6. The van der Waals surface area contributed by atoms with Crippen LogP contribution in [-0.2, 0) is 16.3 Å². The molecule has 1 aromatic carbocycles. The summed E-state index contributed by atoms with van der Waals surface area (Å²) in [4.78, 5) is 26.6. The maximum atomic E-state index is 13.2. The summed E-state index contributed by atoms with van der Waals surface area (Å²) in [5, 5.41) is -0.459. The third-order valence-electron chi connectivity index (χ3n) is 5.41. The van der Waals surface area contributed by atoms with Crippen LogP contribution in [0.15, 0.2) is 45.4 Å². The van der Waals surface area contributed by atoms with E-state index < -0.39 is 20.6 Å². The van der Waals surface area contributed by atoms with E-state index in [-0.39, 0.29) is 21.6 Å². The van der Waals surface area contributed by atoms with Gasteiger partial charge in [-0.3, -0.25) is 14.8 Å². The zero-order valence-corrected chi connectivity index (χ0v) is 18.9. The third-order valence-corrected chi connectivity index (χ3v) is 7.05. The van der Waals surface area contributed by atoms with E-state index in [0.29, 0.717) is 12.0 Å². The Bertz CT molecular complexity index is 1520. The quantitative estimate of drug-likeness (QED) is 0.311. The first-order valence-corrected chi connectivity index (χ1v) is 11.3. The molecular weight excluding hydrogens is 430 g/mol. The van der Waals surface area contributed by atoms with Crippen molar-refractivity contribution in [3.05, 3.63) is 68.9 Å². The number of nitrogen functional groups attached to an aromatic ring is 1. The lowest BCUT2D eigenvalue weighted by atomic mass is 10.1. The number of anilines is 1. The fourth-order valence-corrected chi connectivity index (χ4v) is 5.08. The Morgan fingerprint density at radius 2 is 1.94 bits per heavy atom. The Labute approximate surface area is 184 Å². The van der Waals surface area contributed by atoms with Gasteiger partial charge in [0.15, 0.2) is 0 Å². The van der Waals surface area contributed by atoms with Gasteiger partial charge < -0.3 is 15.5 Å². The first-order chi connectivity index (χ1) is 15.1. The fourth-order valence-electron chi connectivity index (χ4n) is 3.72. The van der Waals surface area contributed by atoms with Gasteiger partial charge in [-0.05, 0) is 38.5 Å². The second-order valence-electron chi connectivity index (χ2n) is 7.68. The Morgan fingerprint density at radius 3 is 2.66 bits per heavy atom. The lowest BCUT2D eigenvalue weighted by molar-refractivity contribution is 0.407. The van der Waals surface area contributed by atoms with Gasteiger partial charge in [-0.1, -0.05) is 6.07 Å². The number of benzene rings is 1. The van der Waals surface area contributed by atoms with E-state index in [1.165, 1.54) is 12.1 Å². The van der Waals surface area contributed by atoms with Crippen LogP contribution in [0.5, 0.6) is 5.75 Å². The van der Waals surface area contributed by atoms with Crippen molar-refractivity contribution in [3.8, 4) is 5.75 Å². The molecule has 0 aliphatic rings. The van der Waals surface area contributed by atoms with Gasteiger partial charge in [-0.15, -0.1) is 0 Å². The molecule has 0 amide bonds. The number of nitrogens with two attached hydrogens (primary N) is 1. The van der Waals surface area contributed by atoms with Gasteiger partial charge in [-0.2, -0.15) is 0 Å². The van der Waals surface area contributed by atoms with E-state index in [1.807, 2.05) is 13.8 Å². The Balaban J connectivity index is 1.86. The number of nitrogens with zero attached hydrogens (tertiary/aromatic N) is 2. The van der Waals surface area contributed by atoms with Crippen LogP contribution in [-0.4, -0.2) is 35.5 Å². The number of nitrogens with one attached hydrogen (secondary N) is 2. The number of rotatable bonds is 5. The smallest absolute Gasteiger partial charge is 0.276 e. The van der Waals surface area contributed by atoms with Crippen LogP contribution >= 0.6 is 0 Å². The number of aryl methyl sites for hydroxylation is 2. The average Bonchev–Trinajstić information content (AvgIpc) is 3.15. The minimum atomic E-state index is -4.14. The molecule has 0 saturated carbocycles. The topological polar surface area (TPSA) is 144 Å². The Kier molecular flexibility index (Phi) is 5.25. The van der Waals surface area contributed by atoms with Crippen molar-refractivity contribution in [2.24, 2.45) is 0 Å². The molecule has 10 heteroatoms. The molecule has 9 nitrogen and oxygen atoms in total. The molecule has 0 fully saturated rings. The maximum Gasteiger partial charge on any atom is 0.276 e. The van der Waals surface area contributed by atoms with Crippen molar-refractivity contribution in [2.75, 3.05) is 12.8 Å². The minimum absolute atomic E-state index is 0.0826. The molecular formula is C22H23N5O4S. The van der Waals surface area contributed by atoms with E-state index in [4.69, 9.17) is 10.5 Å². The molecule has 166 valence electrons. The van der Waals surface area contributed by atoms with Crippen LogP contribution in [0.2, 0.25) is 0 Å². The number of H-pyrrole nitrogens is 2. The number of hydrogen-bond acceptors (Lipinski definition) is 7. The Hall–Kier alpha value is -3.66. The summed E-state index contributed by atoms with van der Waals surface area (Å²) in [5.74, 6) is 0.735. The van der Waals surface area contributed by atoms with E-state index in [0.717, 1.165) is 28.1 Å². The summed E-state index contributed by atoms with van der Waals surface area (Å²) < 4.78 is 31.9. The van der Waals surface area contributed by atoms with E-state index in [2.05, 4.69) is 19.9 Å². The fraction of sp³-hybridized carbons (Fsp3) is 0.227. The van der Waals surface area contributed by atoms with Gasteiger partial charge in [0.05, 0.1) is 23.4 Å². The molecule has 0 saturated heterocycles. The van der Waals surface area contributed by atoms with Crippen LogP contribution in [0.3, 0.4) is 0 Å². The lowest BCUT2D eigenvalue weighted by Crippen LogP contribution is -2.17. The average molecular weight is 454 g/mol. The molecule has 3 heterocycles. The third kappa shape index (κ3) is 3.52. The van der Waals surface area contributed by atoms with E-state index >= 15 is 0 Å². The normalized spacial score (nSPS) is 11.8. The van der Waals surface area contributed by atoms with E-state index in [9.17, 15) is 13.2 Å². The Morgan fingerprint density at radius 1 is 1.19 bits per heavy atom. The van der Waals surface area contributed by atoms with Crippen molar-refractivity contribution in [2.45, 2.75) is 37.2 Å². The first-order valence-electron chi connectivity index (χ1n) is 9.84. The van der Waals surface area contributed by atoms with Gasteiger partial charge >= 0.3 is 0 Å². The van der Waals surface area contributed by atoms with Crippen LogP contribution < -0.4 is 16.0 Å². The largest absolute Gasteiger partial charge is 0.496 e. The number of fused-ring (bicyclic) bond motifs is 1. The standard InChI is InChI=1S/C22H23N5O4S/c1-11-5-6-15(23)17(7-11)32(29,30)22-26-18-14(10-25-19(18)21(28)27-22)8-16-13(3)20(31-4)12(2)9-24-16/h5-7,9-10,25H,8,23H2,1-4H3,(H,26,27,28). The number of sulfone groups is 1. The molecule has 32 heavy (non-hydrogen) atoms.